The van der Waals surface area contributed by atoms with E-state index in [1.165, 1.54) is 6.07 Å². The van der Waals surface area contributed by atoms with Gasteiger partial charge in [-0.05, 0) is 43.0 Å². The van der Waals surface area contributed by atoms with Crippen molar-refractivity contribution < 1.29 is 4.39 Å². The number of thiophene rings is 1. The number of hydrogen-bond acceptors (Lipinski definition) is 2. The molecule has 0 aliphatic carbocycles. The van der Waals surface area contributed by atoms with Gasteiger partial charge in [-0.25, -0.2) is 4.39 Å². The average Bonchev–Trinajstić information content (AvgIpc) is 2.84. The van der Waals surface area contributed by atoms with Crippen LogP contribution in [0.3, 0.4) is 0 Å². The molecule has 2 aromatic rings. The molecule has 0 radical (unpaired) electrons. The quantitative estimate of drug-likeness (QED) is 0.739. The van der Waals surface area contributed by atoms with Gasteiger partial charge in [0.25, 0.3) is 0 Å². The highest BCUT2D eigenvalue weighted by Gasteiger charge is 2.19. The Hall–Kier alpha value is -0.610. The van der Waals surface area contributed by atoms with Gasteiger partial charge in [0.05, 0.1) is 5.02 Å². The van der Waals surface area contributed by atoms with Crippen molar-refractivity contribution in [3.05, 3.63) is 55.9 Å². The van der Waals surface area contributed by atoms with E-state index in [1.54, 1.807) is 23.5 Å². The molecule has 0 aliphatic rings. The van der Waals surface area contributed by atoms with Gasteiger partial charge in [-0.1, -0.05) is 36.2 Å². The molecule has 1 heterocycles. The SMILES string of the molecule is CCCNC(Cc1c(F)cccc1Cl)c1sccc1Cl. The van der Waals surface area contributed by atoms with E-state index in [0.717, 1.165) is 22.9 Å². The van der Waals surface area contributed by atoms with E-state index in [9.17, 15) is 4.39 Å². The summed E-state index contributed by atoms with van der Waals surface area (Å²) in [6, 6.07) is 6.62. The van der Waals surface area contributed by atoms with Crippen LogP contribution < -0.4 is 5.32 Å². The highest BCUT2D eigenvalue weighted by atomic mass is 35.5. The number of rotatable bonds is 6. The summed E-state index contributed by atoms with van der Waals surface area (Å²) in [4.78, 5) is 1.03. The highest BCUT2D eigenvalue weighted by molar-refractivity contribution is 7.10. The first-order valence-corrected chi connectivity index (χ1v) is 8.16. The van der Waals surface area contributed by atoms with Gasteiger partial charge in [0, 0.05) is 21.5 Å². The van der Waals surface area contributed by atoms with Gasteiger partial charge in [-0.15, -0.1) is 11.3 Å². The minimum Gasteiger partial charge on any atom is -0.309 e. The second kappa shape index (κ2) is 7.41. The van der Waals surface area contributed by atoms with Crippen LogP contribution in [0.4, 0.5) is 4.39 Å². The first kappa shape index (κ1) is 15.8. The van der Waals surface area contributed by atoms with Gasteiger partial charge < -0.3 is 5.32 Å². The van der Waals surface area contributed by atoms with Gasteiger partial charge in [0.15, 0.2) is 0 Å². The maximum atomic E-state index is 13.9. The minimum atomic E-state index is -0.270. The Labute approximate surface area is 132 Å². The van der Waals surface area contributed by atoms with Gasteiger partial charge in [-0.3, -0.25) is 0 Å². The molecule has 1 aromatic heterocycles. The molecule has 1 N–H and O–H groups in total. The molecule has 1 aromatic carbocycles. The maximum absolute atomic E-state index is 13.9. The summed E-state index contributed by atoms with van der Waals surface area (Å²) in [5, 5.41) is 6.54. The summed E-state index contributed by atoms with van der Waals surface area (Å²) < 4.78 is 13.9. The zero-order valence-corrected chi connectivity index (χ0v) is 13.5. The molecule has 1 nitrogen and oxygen atoms in total. The van der Waals surface area contributed by atoms with E-state index in [2.05, 4.69) is 12.2 Å². The largest absolute Gasteiger partial charge is 0.309 e. The third kappa shape index (κ3) is 3.73. The van der Waals surface area contributed by atoms with E-state index in [4.69, 9.17) is 23.2 Å². The highest BCUT2D eigenvalue weighted by Crippen LogP contribution is 2.33. The average molecular weight is 332 g/mol. The van der Waals surface area contributed by atoms with Crippen LogP contribution in [0.5, 0.6) is 0 Å². The van der Waals surface area contributed by atoms with E-state index < -0.39 is 0 Å². The third-order valence-electron chi connectivity index (χ3n) is 3.07. The van der Waals surface area contributed by atoms with Crippen molar-refractivity contribution in [2.24, 2.45) is 0 Å². The van der Waals surface area contributed by atoms with Gasteiger partial charge in [0.1, 0.15) is 5.82 Å². The summed E-state index contributed by atoms with van der Waals surface area (Å²) in [7, 11) is 0. The molecule has 0 spiro atoms. The topological polar surface area (TPSA) is 12.0 Å². The molecule has 0 saturated heterocycles. The first-order chi connectivity index (χ1) is 9.63. The van der Waals surface area contributed by atoms with Crippen molar-refractivity contribution in [3.63, 3.8) is 0 Å². The lowest BCUT2D eigenvalue weighted by Crippen LogP contribution is -2.24. The second-order valence-electron chi connectivity index (χ2n) is 4.54. The van der Waals surface area contributed by atoms with E-state index in [1.807, 2.05) is 11.4 Å². The van der Waals surface area contributed by atoms with Gasteiger partial charge in [-0.2, -0.15) is 0 Å². The number of hydrogen-bond donors (Lipinski definition) is 1. The van der Waals surface area contributed by atoms with Crippen LogP contribution in [-0.2, 0) is 6.42 Å². The van der Waals surface area contributed by atoms with Crippen LogP contribution >= 0.6 is 34.5 Å². The van der Waals surface area contributed by atoms with E-state index in [-0.39, 0.29) is 11.9 Å². The van der Waals surface area contributed by atoms with Crippen molar-refractivity contribution >= 4 is 34.5 Å². The molecule has 20 heavy (non-hydrogen) atoms. The van der Waals surface area contributed by atoms with Crippen LogP contribution in [-0.4, -0.2) is 6.54 Å². The zero-order valence-electron chi connectivity index (χ0n) is 11.1. The summed E-state index contributed by atoms with van der Waals surface area (Å²) in [5.74, 6) is -0.270. The van der Waals surface area contributed by atoms with Crippen molar-refractivity contribution in [3.8, 4) is 0 Å². The Kier molecular flexibility index (Phi) is 5.85. The summed E-state index contributed by atoms with van der Waals surface area (Å²) in [6.45, 7) is 2.95. The van der Waals surface area contributed by atoms with Crippen molar-refractivity contribution in [2.75, 3.05) is 6.54 Å². The Balaban J connectivity index is 2.26. The lowest BCUT2D eigenvalue weighted by atomic mass is 10.0. The molecule has 0 fully saturated rings. The van der Waals surface area contributed by atoms with Crippen molar-refractivity contribution in [1.82, 2.24) is 5.32 Å². The number of halogens is 3. The fourth-order valence-electron chi connectivity index (χ4n) is 2.06. The monoisotopic (exact) mass is 331 g/mol. The van der Waals surface area contributed by atoms with E-state index >= 15 is 0 Å². The van der Waals surface area contributed by atoms with Crippen molar-refractivity contribution in [2.45, 2.75) is 25.8 Å². The molecule has 0 saturated carbocycles. The maximum Gasteiger partial charge on any atom is 0.127 e. The standard InChI is InChI=1S/C15H16Cl2FNS/c1-2-7-19-14(15-12(17)6-8-20-15)9-10-11(16)4-3-5-13(10)18/h3-6,8,14,19H,2,7,9H2,1H3. The lowest BCUT2D eigenvalue weighted by Gasteiger charge is -2.19. The number of nitrogens with one attached hydrogen (secondary N) is 1. The predicted molar refractivity (Wildman–Crippen MR) is 85.5 cm³/mol. The van der Waals surface area contributed by atoms with Gasteiger partial charge in [0.2, 0.25) is 0 Å². The fourth-order valence-corrected chi connectivity index (χ4v) is 3.57. The molecule has 1 unspecified atom stereocenters. The molecular weight excluding hydrogens is 316 g/mol. The Morgan fingerprint density at radius 3 is 2.65 bits per heavy atom. The minimum absolute atomic E-state index is 0.0168. The van der Waals surface area contributed by atoms with Crippen LogP contribution in [0.2, 0.25) is 10.0 Å². The Bertz CT molecular complexity index is 551. The molecule has 0 aliphatic heterocycles. The second-order valence-corrected chi connectivity index (χ2v) is 6.31. The molecule has 5 heteroatoms. The van der Waals surface area contributed by atoms with Crippen molar-refractivity contribution in [1.29, 1.82) is 0 Å². The van der Waals surface area contributed by atoms with Gasteiger partial charge >= 0.3 is 0 Å². The molecule has 2 rings (SSSR count). The zero-order chi connectivity index (χ0) is 14.5. The lowest BCUT2D eigenvalue weighted by molar-refractivity contribution is 0.519. The smallest absolute Gasteiger partial charge is 0.127 e. The van der Waals surface area contributed by atoms with Crippen LogP contribution in [0.25, 0.3) is 0 Å². The molecule has 0 bridgehead atoms. The Morgan fingerprint density at radius 2 is 2.05 bits per heavy atom. The Morgan fingerprint density at radius 1 is 1.25 bits per heavy atom. The summed E-state index contributed by atoms with van der Waals surface area (Å²) >= 11 is 13.9. The predicted octanol–water partition coefficient (Wildman–Crippen LogP) is 5.48. The molecule has 0 amide bonds. The van der Waals surface area contributed by atoms with E-state index in [0.29, 0.717) is 17.0 Å². The number of benzene rings is 1. The fraction of sp³-hybridized carbons (Fsp3) is 0.333. The third-order valence-corrected chi connectivity index (χ3v) is 4.90. The van der Waals surface area contributed by atoms with Crippen LogP contribution in [0, 0.1) is 5.82 Å². The molecular formula is C15H16Cl2FNS. The van der Waals surface area contributed by atoms with Crippen LogP contribution in [0.15, 0.2) is 29.6 Å². The first-order valence-electron chi connectivity index (χ1n) is 6.52. The molecule has 108 valence electrons. The normalized spacial score (nSPS) is 12.6. The van der Waals surface area contributed by atoms with Crippen LogP contribution in [0.1, 0.15) is 29.8 Å². The summed E-state index contributed by atoms with van der Waals surface area (Å²) in [6.07, 6.45) is 1.50. The molecule has 1 atom stereocenters. The summed E-state index contributed by atoms with van der Waals surface area (Å²) in [5.41, 5.74) is 0.534.